The zero-order chi connectivity index (χ0) is 20.7. The average Bonchev–Trinajstić information content (AvgIpc) is 2.68. The normalized spacial score (nSPS) is 11.3. The molecule has 0 aliphatic heterocycles. The molecule has 0 aromatic heterocycles. The van der Waals surface area contributed by atoms with Crippen LogP contribution in [0.5, 0.6) is 17.2 Å². The lowest BCUT2D eigenvalue weighted by Crippen LogP contribution is -2.30. The number of aryl methyl sites for hydroxylation is 1. The molecule has 2 aromatic rings. The molecule has 0 heterocycles. The Hall–Kier alpha value is -3.22. The van der Waals surface area contributed by atoms with Gasteiger partial charge in [0, 0.05) is 0 Å². The first-order valence-corrected chi connectivity index (χ1v) is 8.86. The van der Waals surface area contributed by atoms with E-state index in [1.54, 1.807) is 24.3 Å². The molecule has 7 nitrogen and oxygen atoms in total. The maximum Gasteiger partial charge on any atom is 0.339 e. The van der Waals surface area contributed by atoms with Crippen molar-refractivity contribution >= 4 is 17.6 Å². The van der Waals surface area contributed by atoms with E-state index in [4.69, 9.17) is 18.9 Å². The van der Waals surface area contributed by atoms with Crippen molar-refractivity contribution in [2.75, 3.05) is 26.1 Å². The molecule has 28 heavy (non-hydrogen) atoms. The number of amides is 1. The molecule has 1 atom stereocenters. The molecule has 0 bridgehead atoms. The standard InChI is InChI=1S/C21H25NO6/c1-6-27-19-12-15(8-10-18(19)26-5)21(24)28-14(3)20(23)22-16-11-13(2)7-9-17(16)25-4/h7-12,14H,6H2,1-5H3,(H,22,23)/t14-/m1/s1. The van der Waals surface area contributed by atoms with Crippen LogP contribution in [0.2, 0.25) is 0 Å². The Morgan fingerprint density at radius 3 is 2.32 bits per heavy atom. The topological polar surface area (TPSA) is 83.1 Å². The highest BCUT2D eigenvalue weighted by Gasteiger charge is 2.21. The summed E-state index contributed by atoms with van der Waals surface area (Å²) in [6, 6.07) is 10.1. The molecule has 0 radical (unpaired) electrons. The van der Waals surface area contributed by atoms with E-state index in [1.165, 1.54) is 27.2 Å². The van der Waals surface area contributed by atoms with Crippen LogP contribution in [0.15, 0.2) is 36.4 Å². The van der Waals surface area contributed by atoms with Gasteiger partial charge in [0.15, 0.2) is 17.6 Å². The lowest BCUT2D eigenvalue weighted by molar-refractivity contribution is -0.123. The Morgan fingerprint density at radius 2 is 1.68 bits per heavy atom. The van der Waals surface area contributed by atoms with Crippen LogP contribution in [0, 0.1) is 6.92 Å². The van der Waals surface area contributed by atoms with E-state index >= 15 is 0 Å². The van der Waals surface area contributed by atoms with E-state index in [0.717, 1.165) is 5.56 Å². The predicted octanol–water partition coefficient (Wildman–Crippen LogP) is 3.59. The lowest BCUT2D eigenvalue weighted by atomic mass is 10.2. The van der Waals surface area contributed by atoms with Crippen LogP contribution in [0.1, 0.15) is 29.8 Å². The number of methoxy groups -OCH3 is 2. The highest BCUT2D eigenvalue weighted by atomic mass is 16.5. The van der Waals surface area contributed by atoms with Crippen molar-refractivity contribution in [1.29, 1.82) is 0 Å². The molecular weight excluding hydrogens is 362 g/mol. The van der Waals surface area contributed by atoms with Gasteiger partial charge in [-0.05, 0) is 56.7 Å². The van der Waals surface area contributed by atoms with E-state index in [-0.39, 0.29) is 5.56 Å². The van der Waals surface area contributed by atoms with E-state index < -0.39 is 18.0 Å². The third-order valence-electron chi connectivity index (χ3n) is 3.97. The van der Waals surface area contributed by atoms with Crippen molar-refractivity contribution in [2.24, 2.45) is 0 Å². The zero-order valence-electron chi connectivity index (χ0n) is 16.7. The van der Waals surface area contributed by atoms with E-state index in [2.05, 4.69) is 5.32 Å². The lowest BCUT2D eigenvalue weighted by Gasteiger charge is -2.16. The maximum absolute atomic E-state index is 12.4. The number of carbonyl (C=O) groups excluding carboxylic acids is 2. The Balaban J connectivity index is 2.08. The first-order chi connectivity index (χ1) is 13.4. The predicted molar refractivity (Wildman–Crippen MR) is 105 cm³/mol. The van der Waals surface area contributed by atoms with Crippen LogP contribution in [-0.4, -0.2) is 38.8 Å². The second kappa shape index (κ2) is 9.64. The fourth-order valence-electron chi connectivity index (χ4n) is 2.51. The van der Waals surface area contributed by atoms with Gasteiger partial charge in [0.05, 0.1) is 32.1 Å². The first kappa shape index (κ1) is 21.1. The third-order valence-corrected chi connectivity index (χ3v) is 3.97. The quantitative estimate of drug-likeness (QED) is 0.697. The third kappa shape index (κ3) is 5.16. The average molecular weight is 387 g/mol. The molecule has 0 spiro atoms. The number of hydrogen-bond acceptors (Lipinski definition) is 6. The van der Waals surface area contributed by atoms with Crippen molar-refractivity contribution < 1.29 is 28.5 Å². The molecule has 7 heteroatoms. The number of rotatable bonds is 8. The molecule has 2 rings (SSSR count). The summed E-state index contributed by atoms with van der Waals surface area (Å²) in [5.41, 5.74) is 1.73. The van der Waals surface area contributed by atoms with E-state index in [1.807, 2.05) is 19.9 Å². The zero-order valence-corrected chi connectivity index (χ0v) is 16.7. The molecule has 0 saturated heterocycles. The summed E-state index contributed by atoms with van der Waals surface area (Å²) < 4.78 is 21.2. The smallest absolute Gasteiger partial charge is 0.339 e. The van der Waals surface area contributed by atoms with Crippen molar-refractivity contribution in [2.45, 2.75) is 26.9 Å². The fraction of sp³-hybridized carbons (Fsp3) is 0.333. The van der Waals surface area contributed by atoms with Crippen molar-refractivity contribution in [3.05, 3.63) is 47.5 Å². The minimum Gasteiger partial charge on any atom is -0.495 e. The van der Waals surface area contributed by atoms with Crippen LogP contribution in [0.25, 0.3) is 0 Å². The van der Waals surface area contributed by atoms with E-state index in [9.17, 15) is 9.59 Å². The minimum absolute atomic E-state index is 0.261. The van der Waals surface area contributed by atoms with Gasteiger partial charge in [-0.25, -0.2) is 4.79 Å². The Kier molecular flexibility index (Phi) is 7.26. The van der Waals surface area contributed by atoms with Crippen LogP contribution < -0.4 is 19.5 Å². The van der Waals surface area contributed by atoms with Gasteiger partial charge in [-0.3, -0.25) is 4.79 Å². The van der Waals surface area contributed by atoms with Crippen LogP contribution in [0.3, 0.4) is 0 Å². The molecule has 0 aliphatic rings. The molecule has 1 N–H and O–H groups in total. The highest BCUT2D eigenvalue weighted by molar-refractivity contribution is 5.98. The van der Waals surface area contributed by atoms with Gasteiger partial charge in [-0.2, -0.15) is 0 Å². The first-order valence-electron chi connectivity index (χ1n) is 8.86. The van der Waals surface area contributed by atoms with Crippen LogP contribution in [-0.2, 0) is 9.53 Å². The van der Waals surface area contributed by atoms with Crippen LogP contribution >= 0.6 is 0 Å². The summed E-state index contributed by atoms with van der Waals surface area (Å²) in [5.74, 6) is 0.365. The van der Waals surface area contributed by atoms with Gasteiger partial charge >= 0.3 is 5.97 Å². The summed E-state index contributed by atoms with van der Waals surface area (Å²) in [7, 11) is 3.03. The maximum atomic E-state index is 12.4. The monoisotopic (exact) mass is 387 g/mol. The van der Waals surface area contributed by atoms with Crippen molar-refractivity contribution in [3.8, 4) is 17.2 Å². The molecule has 0 aliphatic carbocycles. The summed E-state index contributed by atoms with van der Waals surface area (Å²) >= 11 is 0. The largest absolute Gasteiger partial charge is 0.495 e. The van der Waals surface area contributed by atoms with Gasteiger partial charge in [0.2, 0.25) is 0 Å². The molecule has 0 unspecified atom stereocenters. The second-order valence-electron chi connectivity index (χ2n) is 6.04. The van der Waals surface area contributed by atoms with Gasteiger partial charge in [-0.1, -0.05) is 6.07 Å². The summed E-state index contributed by atoms with van der Waals surface area (Å²) in [5, 5.41) is 2.72. The second-order valence-corrected chi connectivity index (χ2v) is 6.04. The summed E-state index contributed by atoms with van der Waals surface area (Å²) in [4.78, 5) is 24.9. The fourth-order valence-corrected chi connectivity index (χ4v) is 2.51. The molecule has 150 valence electrons. The SMILES string of the molecule is CCOc1cc(C(=O)O[C@H](C)C(=O)Nc2cc(C)ccc2OC)ccc1OC. The highest BCUT2D eigenvalue weighted by Crippen LogP contribution is 2.29. The molecule has 1 amide bonds. The van der Waals surface area contributed by atoms with Gasteiger partial charge in [0.1, 0.15) is 5.75 Å². The summed E-state index contributed by atoms with van der Waals surface area (Å²) in [6.07, 6.45) is -1.00. The Labute approximate surface area is 164 Å². The number of ether oxygens (including phenoxy) is 4. The van der Waals surface area contributed by atoms with Gasteiger partial charge in [-0.15, -0.1) is 0 Å². The van der Waals surface area contributed by atoms with Crippen molar-refractivity contribution in [3.63, 3.8) is 0 Å². The number of carbonyl (C=O) groups is 2. The number of esters is 1. The van der Waals surface area contributed by atoms with E-state index in [0.29, 0.717) is 29.5 Å². The molecule has 2 aromatic carbocycles. The Morgan fingerprint density at radius 1 is 1.00 bits per heavy atom. The van der Waals surface area contributed by atoms with Crippen molar-refractivity contribution in [1.82, 2.24) is 0 Å². The number of anilines is 1. The number of benzene rings is 2. The van der Waals surface area contributed by atoms with Gasteiger partial charge in [0.25, 0.3) is 5.91 Å². The van der Waals surface area contributed by atoms with Gasteiger partial charge < -0.3 is 24.3 Å². The minimum atomic E-state index is -1.00. The molecule has 0 saturated carbocycles. The Bertz CT molecular complexity index is 849. The summed E-state index contributed by atoms with van der Waals surface area (Å²) in [6.45, 7) is 5.66. The number of nitrogens with one attached hydrogen (secondary N) is 1. The molecule has 0 fully saturated rings. The molecular formula is C21H25NO6. The van der Waals surface area contributed by atoms with Crippen LogP contribution in [0.4, 0.5) is 5.69 Å². The number of hydrogen-bond donors (Lipinski definition) is 1.